The molecule has 0 saturated heterocycles. The van der Waals surface area contributed by atoms with E-state index in [1.165, 1.54) is 16.9 Å². The molecule has 0 fully saturated rings. The monoisotopic (exact) mass is 448 g/mol. The Morgan fingerprint density at radius 1 is 1.00 bits per heavy atom. The third-order valence-electron chi connectivity index (χ3n) is 5.98. The summed E-state index contributed by atoms with van der Waals surface area (Å²) in [7, 11) is 0. The Morgan fingerprint density at radius 3 is 2.69 bits per heavy atom. The summed E-state index contributed by atoms with van der Waals surface area (Å²) < 4.78 is 16.1. The predicted octanol–water partition coefficient (Wildman–Crippen LogP) is 4.43. The Balaban J connectivity index is 1.17. The molecule has 1 aliphatic carbocycles. The second kappa shape index (κ2) is 7.56. The Hall–Kier alpha value is -3.52. The van der Waals surface area contributed by atoms with E-state index in [9.17, 15) is 9.59 Å². The van der Waals surface area contributed by atoms with Crippen LogP contribution in [-0.2, 0) is 12.8 Å². The zero-order valence-corrected chi connectivity index (χ0v) is 17.9. The second-order valence-electron chi connectivity index (χ2n) is 7.99. The molecular weight excluding hydrogens is 428 g/mol. The Kier molecular flexibility index (Phi) is 4.53. The number of anilines is 1. The van der Waals surface area contributed by atoms with Crippen molar-refractivity contribution in [2.24, 2.45) is 0 Å². The summed E-state index contributed by atoms with van der Waals surface area (Å²) in [6.07, 6.45) is 4.03. The van der Waals surface area contributed by atoms with E-state index in [0.29, 0.717) is 22.8 Å². The van der Waals surface area contributed by atoms with Crippen LogP contribution in [0, 0.1) is 0 Å². The molecule has 7 nitrogen and oxygen atoms in total. The van der Waals surface area contributed by atoms with Crippen LogP contribution >= 0.6 is 11.3 Å². The van der Waals surface area contributed by atoms with Crippen molar-refractivity contribution in [2.75, 3.05) is 12.1 Å². The molecule has 0 radical (unpaired) electrons. The number of fused-ring (bicyclic) bond motifs is 4. The molecule has 1 amide bonds. The van der Waals surface area contributed by atoms with E-state index in [0.717, 1.165) is 35.4 Å². The van der Waals surface area contributed by atoms with Crippen LogP contribution in [0.5, 0.6) is 17.2 Å². The molecule has 1 unspecified atom stereocenters. The van der Waals surface area contributed by atoms with Crippen LogP contribution in [0.4, 0.5) is 5.00 Å². The number of ether oxygens (including phenoxy) is 3. The van der Waals surface area contributed by atoms with Gasteiger partial charge in [-0.15, -0.1) is 11.3 Å². The minimum atomic E-state index is -0.478. The summed E-state index contributed by atoms with van der Waals surface area (Å²) >= 11 is 1.70. The maximum absolute atomic E-state index is 12.8. The number of rotatable bonds is 3. The van der Waals surface area contributed by atoms with E-state index in [1.54, 1.807) is 41.7 Å². The van der Waals surface area contributed by atoms with Gasteiger partial charge in [-0.05, 0) is 67.1 Å². The SMILES string of the molecule is O=C(Oc1ccc(C2NC(=O)c3c(sc4c3CCCC4)N2)cc1)c1ccc2c(c1)OCO2. The third-order valence-corrected chi connectivity index (χ3v) is 7.20. The molecule has 1 aromatic heterocycles. The molecule has 3 heterocycles. The normalized spacial score (nSPS) is 18.2. The van der Waals surface area contributed by atoms with Gasteiger partial charge >= 0.3 is 5.97 Å². The lowest BCUT2D eigenvalue weighted by molar-refractivity contribution is 0.0734. The maximum Gasteiger partial charge on any atom is 0.343 e. The average molecular weight is 449 g/mol. The average Bonchev–Trinajstić information content (AvgIpc) is 3.43. The van der Waals surface area contributed by atoms with E-state index in [4.69, 9.17) is 14.2 Å². The van der Waals surface area contributed by atoms with Crippen LogP contribution in [0.25, 0.3) is 0 Å². The molecule has 2 aromatic carbocycles. The van der Waals surface area contributed by atoms with Crippen LogP contribution < -0.4 is 24.8 Å². The molecule has 0 saturated carbocycles. The third kappa shape index (κ3) is 3.27. The summed E-state index contributed by atoms with van der Waals surface area (Å²) in [5.74, 6) is 1.06. The van der Waals surface area contributed by atoms with Crippen molar-refractivity contribution in [1.29, 1.82) is 0 Å². The van der Waals surface area contributed by atoms with Gasteiger partial charge in [-0.25, -0.2) is 4.79 Å². The molecule has 6 rings (SSSR count). The minimum absolute atomic E-state index is 0.0264. The van der Waals surface area contributed by atoms with Gasteiger partial charge in [-0.1, -0.05) is 12.1 Å². The van der Waals surface area contributed by atoms with Gasteiger partial charge in [0.15, 0.2) is 11.5 Å². The van der Waals surface area contributed by atoms with Crippen LogP contribution in [0.15, 0.2) is 42.5 Å². The van der Waals surface area contributed by atoms with Gasteiger partial charge in [0.25, 0.3) is 5.91 Å². The van der Waals surface area contributed by atoms with Crippen molar-refractivity contribution in [3.05, 3.63) is 69.6 Å². The van der Waals surface area contributed by atoms with Crippen molar-refractivity contribution in [3.63, 3.8) is 0 Å². The summed E-state index contributed by atoms with van der Waals surface area (Å²) in [6.45, 7) is 0.149. The Bertz CT molecular complexity index is 1230. The molecule has 8 heteroatoms. The summed E-state index contributed by atoms with van der Waals surface area (Å²) in [4.78, 5) is 26.6. The smallest absolute Gasteiger partial charge is 0.343 e. The quantitative estimate of drug-likeness (QED) is 0.456. The molecular formula is C24H20N2O5S. The molecule has 3 aromatic rings. The lowest BCUT2D eigenvalue weighted by Gasteiger charge is -2.27. The largest absolute Gasteiger partial charge is 0.454 e. The number of aryl methyl sites for hydroxylation is 1. The van der Waals surface area contributed by atoms with Gasteiger partial charge in [-0.3, -0.25) is 4.79 Å². The number of thiophene rings is 1. The van der Waals surface area contributed by atoms with Crippen LogP contribution in [-0.4, -0.2) is 18.7 Å². The number of esters is 1. The van der Waals surface area contributed by atoms with E-state index in [-0.39, 0.29) is 18.9 Å². The highest BCUT2D eigenvalue weighted by molar-refractivity contribution is 7.16. The zero-order valence-electron chi connectivity index (χ0n) is 17.1. The topological polar surface area (TPSA) is 85.9 Å². The van der Waals surface area contributed by atoms with Crippen LogP contribution in [0.2, 0.25) is 0 Å². The molecule has 1 atom stereocenters. The maximum atomic E-state index is 12.8. The van der Waals surface area contributed by atoms with E-state index in [2.05, 4.69) is 10.6 Å². The van der Waals surface area contributed by atoms with Gasteiger partial charge in [0, 0.05) is 4.88 Å². The van der Waals surface area contributed by atoms with E-state index < -0.39 is 5.97 Å². The number of hydrogen-bond donors (Lipinski definition) is 2. The molecule has 3 aliphatic rings. The number of carbonyl (C=O) groups excluding carboxylic acids is 2. The molecule has 0 spiro atoms. The second-order valence-corrected chi connectivity index (χ2v) is 9.10. The van der Waals surface area contributed by atoms with Gasteiger partial charge < -0.3 is 24.8 Å². The molecule has 0 bridgehead atoms. The van der Waals surface area contributed by atoms with Crippen molar-refractivity contribution >= 4 is 28.2 Å². The molecule has 2 aliphatic heterocycles. The fraction of sp³-hybridized carbons (Fsp3) is 0.250. The summed E-state index contributed by atoms with van der Waals surface area (Å²) in [6, 6.07) is 12.1. The van der Waals surface area contributed by atoms with Crippen LogP contribution in [0.3, 0.4) is 0 Å². The Morgan fingerprint density at radius 2 is 1.81 bits per heavy atom. The summed E-state index contributed by atoms with van der Waals surface area (Å²) in [5.41, 5.74) is 3.30. The number of carbonyl (C=O) groups is 2. The first-order chi connectivity index (χ1) is 15.7. The highest BCUT2D eigenvalue weighted by Gasteiger charge is 2.32. The summed E-state index contributed by atoms with van der Waals surface area (Å²) in [5, 5.41) is 7.47. The van der Waals surface area contributed by atoms with Gasteiger partial charge in [0.1, 0.15) is 16.9 Å². The van der Waals surface area contributed by atoms with Gasteiger partial charge in [-0.2, -0.15) is 0 Å². The van der Waals surface area contributed by atoms with Crippen molar-refractivity contribution < 1.29 is 23.8 Å². The van der Waals surface area contributed by atoms with Gasteiger partial charge in [0.2, 0.25) is 6.79 Å². The van der Waals surface area contributed by atoms with Crippen LogP contribution in [0.1, 0.15) is 55.7 Å². The van der Waals surface area contributed by atoms with E-state index >= 15 is 0 Å². The standard InChI is InChI=1S/C24H20N2O5S/c27-22-20-16-3-1-2-4-19(16)32-23(20)26-21(25-22)13-5-8-15(9-6-13)31-24(28)14-7-10-17-18(11-14)30-12-29-17/h5-11,21,26H,1-4,12H2,(H,25,27). The van der Waals surface area contributed by atoms with Gasteiger partial charge in [0.05, 0.1) is 11.1 Å². The first-order valence-electron chi connectivity index (χ1n) is 10.6. The predicted molar refractivity (Wildman–Crippen MR) is 119 cm³/mol. The highest BCUT2D eigenvalue weighted by atomic mass is 32.1. The van der Waals surface area contributed by atoms with Crippen molar-refractivity contribution in [3.8, 4) is 17.2 Å². The number of nitrogens with one attached hydrogen (secondary N) is 2. The molecule has 2 N–H and O–H groups in total. The fourth-order valence-electron chi connectivity index (χ4n) is 4.36. The number of amides is 1. The van der Waals surface area contributed by atoms with Crippen molar-refractivity contribution in [1.82, 2.24) is 5.32 Å². The van der Waals surface area contributed by atoms with Crippen molar-refractivity contribution in [2.45, 2.75) is 31.8 Å². The minimum Gasteiger partial charge on any atom is -0.454 e. The van der Waals surface area contributed by atoms with E-state index in [1.807, 2.05) is 12.1 Å². The highest BCUT2D eigenvalue weighted by Crippen LogP contribution is 2.41. The fourth-order valence-corrected chi connectivity index (χ4v) is 5.68. The number of benzene rings is 2. The molecule has 32 heavy (non-hydrogen) atoms. The zero-order chi connectivity index (χ0) is 21.7. The number of hydrogen-bond acceptors (Lipinski definition) is 7. The lowest BCUT2D eigenvalue weighted by atomic mass is 9.94. The molecule has 162 valence electrons. The first-order valence-corrected chi connectivity index (χ1v) is 11.4. The Labute approximate surface area is 188 Å². The first kappa shape index (κ1) is 19.2. The lowest BCUT2D eigenvalue weighted by Crippen LogP contribution is -2.38.